The first-order valence-corrected chi connectivity index (χ1v) is 10.2. The molecule has 1 aromatic heterocycles. The molecule has 30 heavy (non-hydrogen) atoms. The van der Waals surface area contributed by atoms with Gasteiger partial charge in [-0.25, -0.2) is 4.39 Å². The number of halogens is 1. The van der Waals surface area contributed by atoms with E-state index in [1.807, 2.05) is 0 Å². The second-order valence-corrected chi connectivity index (χ2v) is 7.77. The van der Waals surface area contributed by atoms with E-state index in [2.05, 4.69) is 15.5 Å². The lowest BCUT2D eigenvalue weighted by atomic mass is 10.1. The fourth-order valence-electron chi connectivity index (χ4n) is 3.38. The van der Waals surface area contributed by atoms with E-state index in [1.54, 1.807) is 41.3 Å². The van der Waals surface area contributed by atoms with E-state index in [0.717, 1.165) is 6.42 Å². The van der Waals surface area contributed by atoms with Crippen molar-refractivity contribution in [3.05, 3.63) is 59.9 Å². The van der Waals surface area contributed by atoms with Crippen LogP contribution in [0.15, 0.2) is 48.5 Å². The molecule has 9 heteroatoms. The molecule has 0 radical (unpaired) electrons. The van der Waals surface area contributed by atoms with Crippen LogP contribution in [0.2, 0.25) is 0 Å². The lowest BCUT2D eigenvalue weighted by Crippen LogP contribution is -2.43. The van der Waals surface area contributed by atoms with Crippen molar-refractivity contribution in [3.8, 4) is 16.3 Å². The Kier molecular flexibility index (Phi) is 5.71. The number of methoxy groups -OCH3 is 1. The quantitative estimate of drug-likeness (QED) is 0.674. The zero-order chi connectivity index (χ0) is 21.1. The van der Waals surface area contributed by atoms with Gasteiger partial charge in [-0.15, -0.1) is 10.2 Å². The van der Waals surface area contributed by atoms with Gasteiger partial charge in [0.05, 0.1) is 7.11 Å². The van der Waals surface area contributed by atoms with Crippen molar-refractivity contribution in [1.29, 1.82) is 0 Å². The highest BCUT2D eigenvalue weighted by Crippen LogP contribution is 2.28. The Balaban J connectivity index is 1.46. The molecule has 1 saturated heterocycles. The number of benzene rings is 2. The van der Waals surface area contributed by atoms with Crippen molar-refractivity contribution in [3.63, 3.8) is 0 Å². The van der Waals surface area contributed by atoms with E-state index >= 15 is 0 Å². The summed E-state index contributed by atoms with van der Waals surface area (Å²) in [6.07, 6.45) is 1.32. The molecule has 1 N–H and O–H groups in total. The molecule has 1 unspecified atom stereocenters. The van der Waals surface area contributed by atoms with E-state index in [0.29, 0.717) is 40.0 Å². The molecule has 1 atom stereocenters. The van der Waals surface area contributed by atoms with Crippen LogP contribution in [0.4, 0.5) is 9.52 Å². The fourth-order valence-corrected chi connectivity index (χ4v) is 4.13. The first-order chi connectivity index (χ1) is 14.5. The number of likely N-dealkylation sites (tertiary alicyclic amines) is 1. The van der Waals surface area contributed by atoms with Gasteiger partial charge < -0.3 is 9.64 Å². The largest absolute Gasteiger partial charge is 0.497 e. The number of nitrogens with one attached hydrogen (secondary N) is 1. The topological polar surface area (TPSA) is 84.4 Å². The number of carbonyl (C=O) groups is 2. The summed E-state index contributed by atoms with van der Waals surface area (Å²) in [5.41, 5.74) is 1.19. The predicted molar refractivity (Wildman–Crippen MR) is 111 cm³/mol. The zero-order valence-electron chi connectivity index (χ0n) is 16.2. The maximum atomic E-state index is 13.1. The summed E-state index contributed by atoms with van der Waals surface area (Å²) in [7, 11) is 1.54. The second kappa shape index (κ2) is 8.58. The average molecular weight is 426 g/mol. The van der Waals surface area contributed by atoms with E-state index in [4.69, 9.17) is 4.74 Å². The van der Waals surface area contributed by atoms with Gasteiger partial charge in [-0.1, -0.05) is 17.4 Å². The lowest BCUT2D eigenvalue weighted by Gasteiger charge is -2.23. The highest BCUT2D eigenvalue weighted by molar-refractivity contribution is 7.18. The van der Waals surface area contributed by atoms with Crippen molar-refractivity contribution in [2.75, 3.05) is 19.0 Å². The summed E-state index contributed by atoms with van der Waals surface area (Å²) in [5, 5.41) is 11.7. The molecule has 0 aliphatic carbocycles. The number of amides is 2. The summed E-state index contributed by atoms with van der Waals surface area (Å²) < 4.78 is 18.3. The molecule has 3 aromatic rings. The Morgan fingerprint density at radius 2 is 2.00 bits per heavy atom. The number of anilines is 1. The van der Waals surface area contributed by atoms with Crippen LogP contribution >= 0.6 is 11.3 Å². The number of ether oxygens (including phenoxy) is 1. The van der Waals surface area contributed by atoms with Crippen LogP contribution < -0.4 is 10.1 Å². The van der Waals surface area contributed by atoms with Gasteiger partial charge in [-0.05, 0) is 55.3 Å². The molecule has 1 aliphatic rings. The molecule has 1 aliphatic heterocycles. The molecule has 0 spiro atoms. The van der Waals surface area contributed by atoms with Crippen LogP contribution in [0.25, 0.3) is 10.6 Å². The lowest BCUT2D eigenvalue weighted by molar-refractivity contribution is -0.119. The molecule has 4 rings (SSSR count). The van der Waals surface area contributed by atoms with Crippen LogP contribution in [0.5, 0.6) is 5.75 Å². The van der Waals surface area contributed by atoms with E-state index < -0.39 is 6.04 Å². The SMILES string of the molecule is COc1cccc(C(=O)N2CCCC2C(=O)Nc2nnc(-c3ccc(F)cc3)s2)c1. The third-order valence-corrected chi connectivity index (χ3v) is 5.77. The first-order valence-electron chi connectivity index (χ1n) is 9.40. The first kappa shape index (κ1) is 20.0. The number of hydrogen-bond acceptors (Lipinski definition) is 6. The van der Waals surface area contributed by atoms with Crippen molar-refractivity contribution in [2.24, 2.45) is 0 Å². The van der Waals surface area contributed by atoms with E-state index in [9.17, 15) is 14.0 Å². The third-order valence-electron chi connectivity index (χ3n) is 4.88. The van der Waals surface area contributed by atoms with E-state index in [-0.39, 0.29) is 17.6 Å². The summed E-state index contributed by atoms with van der Waals surface area (Å²) in [4.78, 5) is 27.3. The average Bonchev–Trinajstić information content (AvgIpc) is 3.43. The molecular formula is C21H19FN4O3S. The standard InChI is InChI=1S/C21H19FN4O3S/c1-29-16-5-2-4-14(12-16)20(28)26-11-3-6-17(26)18(27)23-21-25-24-19(30-21)13-7-9-15(22)10-8-13/h2,4-5,7-10,12,17H,3,6,11H2,1H3,(H,23,25,27). The number of hydrogen-bond donors (Lipinski definition) is 1. The number of carbonyl (C=O) groups excluding carboxylic acids is 2. The molecule has 7 nitrogen and oxygen atoms in total. The van der Waals surface area contributed by atoms with Gasteiger partial charge in [0, 0.05) is 17.7 Å². The normalized spacial score (nSPS) is 15.8. The van der Waals surface area contributed by atoms with Gasteiger partial charge in [0.15, 0.2) is 0 Å². The van der Waals surface area contributed by atoms with Gasteiger partial charge in [0.1, 0.15) is 22.6 Å². The number of rotatable bonds is 5. The molecular weight excluding hydrogens is 407 g/mol. The Bertz CT molecular complexity index is 1070. The minimum Gasteiger partial charge on any atom is -0.497 e. The van der Waals surface area contributed by atoms with Gasteiger partial charge in [-0.3, -0.25) is 14.9 Å². The monoisotopic (exact) mass is 426 g/mol. The maximum Gasteiger partial charge on any atom is 0.254 e. The minimum atomic E-state index is -0.582. The minimum absolute atomic E-state index is 0.212. The summed E-state index contributed by atoms with van der Waals surface area (Å²) in [5.74, 6) is -0.261. The third kappa shape index (κ3) is 4.16. The highest BCUT2D eigenvalue weighted by atomic mass is 32.1. The Hall–Kier alpha value is -3.33. The summed E-state index contributed by atoms with van der Waals surface area (Å²) in [6, 6.07) is 12.2. The summed E-state index contributed by atoms with van der Waals surface area (Å²) >= 11 is 1.19. The van der Waals surface area contributed by atoms with Crippen LogP contribution in [-0.4, -0.2) is 46.6 Å². The van der Waals surface area contributed by atoms with Crippen LogP contribution in [0, 0.1) is 5.82 Å². The van der Waals surface area contributed by atoms with Crippen molar-refractivity contribution in [2.45, 2.75) is 18.9 Å². The van der Waals surface area contributed by atoms with Crippen molar-refractivity contribution < 1.29 is 18.7 Å². The molecule has 2 aromatic carbocycles. The molecule has 0 saturated carbocycles. The molecule has 154 valence electrons. The summed E-state index contributed by atoms with van der Waals surface area (Å²) in [6.45, 7) is 0.505. The van der Waals surface area contributed by atoms with Crippen LogP contribution in [0.1, 0.15) is 23.2 Å². The van der Waals surface area contributed by atoms with Gasteiger partial charge in [0.25, 0.3) is 5.91 Å². The van der Waals surface area contributed by atoms with Gasteiger partial charge in [0.2, 0.25) is 11.0 Å². The molecule has 2 heterocycles. The molecule has 1 fully saturated rings. The molecule has 2 amide bonds. The molecule has 0 bridgehead atoms. The highest BCUT2D eigenvalue weighted by Gasteiger charge is 2.35. The second-order valence-electron chi connectivity index (χ2n) is 6.80. The van der Waals surface area contributed by atoms with Gasteiger partial charge in [-0.2, -0.15) is 0 Å². The van der Waals surface area contributed by atoms with Crippen molar-refractivity contribution >= 4 is 28.3 Å². The zero-order valence-corrected chi connectivity index (χ0v) is 17.0. The fraction of sp³-hybridized carbons (Fsp3) is 0.238. The van der Waals surface area contributed by atoms with E-state index in [1.165, 1.54) is 30.6 Å². The van der Waals surface area contributed by atoms with Crippen LogP contribution in [0.3, 0.4) is 0 Å². The van der Waals surface area contributed by atoms with Gasteiger partial charge >= 0.3 is 0 Å². The Morgan fingerprint density at radius 3 is 2.77 bits per heavy atom. The maximum absolute atomic E-state index is 13.1. The predicted octanol–water partition coefficient (Wildman–Crippen LogP) is 3.60. The van der Waals surface area contributed by atoms with Crippen molar-refractivity contribution in [1.82, 2.24) is 15.1 Å². The Morgan fingerprint density at radius 1 is 1.20 bits per heavy atom. The number of aromatic nitrogens is 2. The van der Waals surface area contributed by atoms with Crippen LogP contribution in [-0.2, 0) is 4.79 Å². The number of nitrogens with zero attached hydrogens (tertiary/aromatic N) is 3. The smallest absolute Gasteiger partial charge is 0.254 e. The Labute approximate surface area is 176 Å².